The predicted molar refractivity (Wildman–Crippen MR) is 83.6 cm³/mol. The third-order valence-electron chi connectivity index (χ3n) is 3.88. The maximum atomic E-state index is 12.4. The number of hydrogen-bond acceptors (Lipinski definition) is 2. The van der Waals surface area contributed by atoms with Crippen molar-refractivity contribution in [3.8, 4) is 0 Å². The van der Waals surface area contributed by atoms with Crippen molar-refractivity contribution in [2.24, 2.45) is 0 Å². The first kappa shape index (κ1) is 15.3. The third kappa shape index (κ3) is 3.74. The molecule has 0 aromatic heterocycles. The Morgan fingerprint density at radius 1 is 1.15 bits per heavy atom. The molecule has 1 saturated heterocycles. The summed E-state index contributed by atoms with van der Waals surface area (Å²) >= 11 is 5.75. The lowest BCUT2D eigenvalue weighted by molar-refractivity contribution is 0.0644. The van der Waals surface area contributed by atoms with Crippen LogP contribution >= 0.6 is 11.6 Å². The molecule has 0 N–H and O–H groups in total. The quantitative estimate of drug-likeness (QED) is 0.797. The Hall–Kier alpha value is -1.06. The van der Waals surface area contributed by atoms with Crippen molar-refractivity contribution in [2.45, 2.75) is 19.8 Å². The van der Waals surface area contributed by atoms with Crippen molar-refractivity contribution in [1.29, 1.82) is 0 Å². The minimum atomic E-state index is 0.144. The van der Waals surface area contributed by atoms with E-state index in [-0.39, 0.29) is 5.91 Å². The number of piperazine rings is 1. The van der Waals surface area contributed by atoms with Crippen LogP contribution in [-0.4, -0.2) is 54.3 Å². The zero-order valence-electron chi connectivity index (χ0n) is 12.3. The van der Waals surface area contributed by atoms with Crippen LogP contribution in [0.1, 0.15) is 35.7 Å². The Labute approximate surface area is 126 Å². The Balaban J connectivity index is 1.95. The number of rotatable bonds is 4. The van der Waals surface area contributed by atoms with E-state index >= 15 is 0 Å². The minimum Gasteiger partial charge on any atom is -0.336 e. The minimum absolute atomic E-state index is 0.144. The van der Waals surface area contributed by atoms with Gasteiger partial charge in [-0.05, 0) is 23.6 Å². The molecule has 0 radical (unpaired) electrons. The van der Waals surface area contributed by atoms with Gasteiger partial charge in [-0.1, -0.05) is 26.0 Å². The van der Waals surface area contributed by atoms with Crippen molar-refractivity contribution in [2.75, 3.05) is 38.6 Å². The number of nitrogens with zero attached hydrogens (tertiary/aromatic N) is 2. The van der Waals surface area contributed by atoms with Crippen molar-refractivity contribution in [3.63, 3.8) is 0 Å². The van der Waals surface area contributed by atoms with Gasteiger partial charge in [-0.2, -0.15) is 0 Å². The maximum absolute atomic E-state index is 12.4. The lowest BCUT2D eigenvalue weighted by Gasteiger charge is -2.34. The molecule has 1 fully saturated rings. The van der Waals surface area contributed by atoms with Crippen LogP contribution in [0.2, 0.25) is 0 Å². The summed E-state index contributed by atoms with van der Waals surface area (Å²) < 4.78 is 0. The molecule has 0 aliphatic carbocycles. The highest BCUT2D eigenvalue weighted by Crippen LogP contribution is 2.16. The molecular formula is C16H23ClN2O. The van der Waals surface area contributed by atoms with Gasteiger partial charge in [-0.3, -0.25) is 9.69 Å². The van der Waals surface area contributed by atoms with Crippen LogP contribution in [0.5, 0.6) is 0 Å². The van der Waals surface area contributed by atoms with Gasteiger partial charge < -0.3 is 4.90 Å². The van der Waals surface area contributed by atoms with Crippen molar-refractivity contribution in [1.82, 2.24) is 9.80 Å². The molecule has 0 saturated carbocycles. The van der Waals surface area contributed by atoms with Gasteiger partial charge in [-0.15, -0.1) is 11.6 Å². The molecule has 2 rings (SSSR count). The highest BCUT2D eigenvalue weighted by molar-refractivity contribution is 6.18. The van der Waals surface area contributed by atoms with Gasteiger partial charge in [0.25, 0.3) is 5.91 Å². The molecule has 1 aliphatic rings. The van der Waals surface area contributed by atoms with E-state index in [1.807, 2.05) is 17.0 Å². The number of alkyl halides is 1. The maximum Gasteiger partial charge on any atom is 0.253 e. The number of halogens is 1. The van der Waals surface area contributed by atoms with Crippen LogP contribution in [0.25, 0.3) is 0 Å². The summed E-state index contributed by atoms with van der Waals surface area (Å²) in [6.07, 6.45) is 0. The number of carbonyl (C=O) groups is 1. The van der Waals surface area contributed by atoms with Crippen LogP contribution in [0.3, 0.4) is 0 Å². The Kier molecular flexibility index (Phi) is 5.44. The van der Waals surface area contributed by atoms with E-state index in [2.05, 4.69) is 30.9 Å². The molecule has 0 bridgehead atoms. The zero-order chi connectivity index (χ0) is 14.5. The lowest BCUT2D eigenvalue weighted by atomic mass is 10.0. The molecule has 1 aromatic carbocycles. The Morgan fingerprint density at radius 3 is 2.25 bits per heavy atom. The predicted octanol–water partition coefficient (Wildman–Crippen LogP) is 2.81. The van der Waals surface area contributed by atoms with E-state index in [0.717, 1.165) is 38.3 Å². The lowest BCUT2D eigenvalue weighted by Crippen LogP contribution is -2.49. The largest absolute Gasteiger partial charge is 0.336 e. The molecule has 1 amide bonds. The monoisotopic (exact) mass is 294 g/mol. The normalized spacial score (nSPS) is 16.7. The fourth-order valence-electron chi connectivity index (χ4n) is 2.49. The van der Waals surface area contributed by atoms with Gasteiger partial charge in [0.05, 0.1) is 0 Å². The van der Waals surface area contributed by atoms with Gasteiger partial charge in [0, 0.05) is 44.2 Å². The van der Waals surface area contributed by atoms with E-state index in [1.165, 1.54) is 5.56 Å². The van der Waals surface area contributed by atoms with E-state index in [9.17, 15) is 4.79 Å². The summed E-state index contributed by atoms with van der Waals surface area (Å²) in [5.41, 5.74) is 2.06. The van der Waals surface area contributed by atoms with E-state index in [0.29, 0.717) is 11.8 Å². The van der Waals surface area contributed by atoms with Gasteiger partial charge in [0.15, 0.2) is 0 Å². The number of benzene rings is 1. The van der Waals surface area contributed by atoms with E-state index < -0.39 is 0 Å². The molecule has 3 nitrogen and oxygen atoms in total. The first-order valence-electron chi connectivity index (χ1n) is 7.29. The summed E-state index contributed by atoms with van der Waals surface area (Å²) in [6, 6.07) is 8.01. The Bertz CT molecular complexity index is 436. The zero-order valence-corrected chi connectivity index (χ0v) is 13.1. The van der Waals surface area contributed by atoms with Crippen LogP contribution in [-0.2, 0) is 0 Å². The van der Waals surface area contributed by atoms with Crippen LogP contribution in [0.4, 0.5) is 0 Å². The highest BCUT2D eigenvalue weighted by Gasteiger charge is 2.21. The van der Waals surface area contributed by atoms with Crippen molar-refractivity contribution in [3.05, 3.63) is 35.4 Å². The van der Waals surface area contributed by atoms with Gasteiger partial charge in [0.2, 0.25) is 0 Å². The molecule has 20 heavy (non-hydrogen) atoms. The summed E-state index contributed by atoms with van der Waals surface area (Å²) in [5, 5.41) is 0. The second kappa shape index (κ2) is 7.09. The van der Waals surface area contributed by atoms with Gasteiger partial charge >= 0.3 is 0 Å². The molecule has 4 heteroatoms. The standard InChI is InChI=1S/C16H23ClN2O/c1-13(2)14-3-5-15(6-4-14)16(20)19-11-9-18(8-7-17)10-12-19/h3-6,13H,7-12H2,1-2H3. The second-order valence-electron chi connectivity index (χ2n) is 5.60. The average molecular weight is 295 g/mol. The number of carbonyl (C=O) groups excluding carboxylic acids is 1. The first-order chi connectivity index (χ1) is 9.61. The molecule has 0 unspecified atom stereocenters. The van der Waals surface area contributed by atoms with Gasteiger partial charge in [-0.25, -0.2) is 0 Å². The van der Waals surface area contributed by atoms with Crippen LogP contribution in [0, 0.1) is 0 Å². The SMILES string of the molecule is CC(C)c1ccc(C(=O)N2CCN(CCCl)CC2)cc1. The summed E-state index contributed by atoms with van der Waals surface area (Å²) in [4.78, 5) is 16.7. The van der Waals surface area contributed by atoms with Crippen molar-refractivity contribution >= 4 is 17.5 Å². The number of hydrogen-bond donors (Lipinski definition) is 0. The van der Waals surface area contributed by atoms with E-state index in [1.54, 1.807) is 0 Å². The first-order valence-corrected chi connectivity index (χ1v) is 7.83. The van der Waals surface area contributed by atoms with Gasteiger partial charge in [0.1, 0.15) is 0 Å². The molecule has 1 heterocycles. The average Bonchev–Trinajstić information content (AvgIpc) is 2.48. The van der Waals surface area contributed by atoms with Crippen LogP contribution < -0.4 is 0 Å². The topological polar surface area (TPSA) is 23.6 Å². The third-order valence-corrected chi connectivity index (χ3v) is 4.05. The smallest absolute Gasteiger partial charge is 0.253 e. The summed E-state index contributed by atoms with van der Waals surface area (Å²) in [6.45, 7) is 8.65. The summed E-state index contributed by atoms with van der Waals surface area (Å²) in [5.74, 6) is 1.30. The molecule has 0 atom stereocenters. The summed E-state index contributed by atoms with van der Waals surface area (Å²) in [7, 11) is 0. The van der Waals surface area contributed by atoms with Crippen molar-refractivity contribution < 1.29 is 4.79 Å². The fourth-order valence-corrected chi connectivity index (χ4v) is 2.73. The fraction of sp³-hybridized carbons (Fsp3) is 0.562. The molecular weight excluding hydrogens is 272 g/mol. The number of amides is 1. The molecule has 0 spiro atoms. The van der Waals surface area contributed by atoms with Crippen LogP contribution in [0.15, 0.2) is 24.3 Å². The Morgan fingerprint density at radius 2 is 1.75 bits per heavy atom. The second-order valence-corrected chi connectivity index (χ2v) is 5.98. The van der Waals surface area contributed by atoms with E-state index in [4.69, 9.17) is 11.6 Å². The molecule has 1 aliphatic heterocycles. The molecule has 1 aromatic rings. The molecule has 110 valence electrons. The highest BCUT2D eigenvalue weighted by atomic mass is 35.5.